The summed E-state index contributed by atoms with van der Waals surface area (Å²) in [4.78, 5) is 0. The van der Waals surface area contributed by atoms with Gasteiger partial charge >= 0.3 is 0 Å². The Morgan fingerprint density at radius 2 is 1.73 bits per heavy atom. The van der Waals surface area contributed by atoms with Gasteiger partial charge in [0.05, 0.1) is 0 Å². The van der Waals surface area contributed by atoms with Crippen molar-refractivity contribution in [3.8, 4) is 0 Å². The summed E-state index contributed by atoms with van der Waals surface area (Å²) in [5.74, 6) is 0. The minimum Gasteiger partial charge on any atom is -0.324 e. The van der Waals surface area contributed by atoms with Gasteiger partial charge in [-0.25, -0.2) is 0 Å². The molecular weight excluding hydrogens is 182 g/mol. The van der Waals surface area contributed by atoms with Crippen LogP contribution in [-0.4, -0.2) is 0 Å². The normalized spacial score (nSPS) is 12.7. The van der Waals surface area contributed by atoms with E-state index in [0.29, 0.717) is 0 Å². The largest absolute Gasteiger partial charge is 0.324 e. The fraction of sp³-hybridized carbons (Fsp3) is 0.571. The SMILES string of the molecule is CCCCCCc1ccc([C@H](C)N)cc1. The number of hydrogen-bond donors (Lipinski definition) is 1. The molecule has 1 aromatic rings. The van der Waals surface area contributed by atoms with E-state index in [9.17, 15) is 0 Å². The molecule has 1 aromatic carbocycles. The van der Waals surface area contributed by atoms with E-state index in [0.717, 1.165) is 0 Å². The first-order valence-electron chi connectivity index (χ1n) is 6.08. The van der Waals surface area contributed by atoms with Gasteiger partial charge in [-0.15, -0.1) is 0 Å². The van der Waals surface area contributed by atoms with Crippen molar-refractivity contribution in [1.82, 2.24) is 0 Å². The first-order valence-corrected chi connectivity index (χ1v) is 6.08. The lowest BCUT2D eigenvalue weighted by molar-refractivity contribution is 0.666. The molecule has 0 spiro atoms. The van der Waals surface area contributed by atoms with Crippen LogP contribution in [0.25, 0.3) is 0 Å². The Morgan fingerprint density at radius 1 is 1.07 bits per heavy atom. The van der Waals surface area contributed by atoms with Gasteiger partial charge in [0, 0.05) is 6.04 Å². The molecule has 1 rings (SSSR count). The van der Waals surface area contributed by atoms with Crippen LogP contribution in [-0.2, 0) is 6.42 Å². The van der Waals surface area contributed by atoms with E-state index in [2.05, 4.69) is 31.2 Å². The molecule has 0 aliphatic rings. The molecule has 1 atom stereocenters. The smallest absolute Gasteiger partial charge is 0.0266 e. The molecule has 0 aromatic heterocycles. The second-order valence-corrected chi connectivity index (χ2v) is 4.34. The van der Waals surface area contributed by atoms with Crippen molar-refractivity contribution in [1.29, 1.82) is 0 Å². The van der Waals surface area contributed by atoms with Crippen LogP contribution < -0.4 is 5.73 Å². The highest BCUT2D eigenvalue weighted by molar-refractivity contribution is 5.24. The van der Waals surface area contributed by atoms with E-state index in [-0.39, 0.29) is 6.04 Å². The molecule has 1 heteroatoms. The summed E-state index contributed by atoms with van der Waals surface area (Å²) in [7, 11) is 0. The highest BCUT2D eigenvalue weighted by Gasteiger charge is 1.98. The highest BCUT2D eigenvalue weighted by atomic mass is 14.6. The standard InChI is InChI=1S/C14H23N/c1-3-4-5-6-7-13-8-10-14(11-9-13)12(2)15/h8-12H,3-7,15H2,1-2H3/t12-/m0/s1. The predicted molar refractivity (Wildman–Crippen MR) is 66.9 cm³/mol. The van der Waals surface area contributed by atoms with E-state index in [1.807, 2.05) is 6.92 Å². The van der Waals surface area contributed by atoms with Crippen LogP contribution in [0.1, 0.15) is 56.7 Å². The van der Waals surface area contributed by atoms with Crippen LogP contribution in [0, 0.1) is 0 Å². The van der Waals surface area contributed by atoms with Gasteiger partial charge in [0.25, 0.3) is 0 Å². The van der Waals surface area contributed by atoms with E-state index in [1.54, 1.807) is 0 Å². The van der Waals surface area contributed by atoms with Crippen molar-refractivity contribution in [2.24, 2.45) is 5.73 Å². The second-order valence-electron chi connectivity index (χ2n) is 4.34. The Bertz CT molecular complexity index is 261. The third-order valence-electron chi connectivity index (χ3n) is 2.82. The molecule has 0 aliphatic carbocycles. The second kappa shape index (κ2) is 6.62. The maximum atomic E-state index is 5.80. The molecule has 84 valence electrons. The van der Waals surface area contributed by atoms with Gasteiger partial charge in [-0.2, -0.15) is 0 Å². The molecule has 0 saturated carbocycles. The number of unbranched alkanes of at least 4 members (excludes halogenated alkanes) is 3. The van der Waals surface area contributed by atoms with Crippen LogP contribution >= 0.6 is 0 Å². The van der Waals surface area contributed by atoms with Crippen molar-refractivity contribution >= 4 is 0 Å². The van der Waals surface area contributed by atoms with Gasteiger partial charge in [-0.05, 0) is 30.9 Å². The number of rotatable bonds is 6. The molecule has 15 heavy (non-hydrogen) atoms. The van der Waals surface area contributed by atoms with Gasteiger partial charge in [-0.1, -0.05) is 50.5 Å². The number of benzene rings is 1. The lowest BCUT2D eigenvalue weighted by atomic mass is 10.0. The van der Waals surface area contributed by atoms with Crippen molar-refractivity contribution in [3.63, 3.8) is 0 Å². The fourth-order valence-electron chi connectivity index (χ4n) is 1.74. The third kappa shape index (κ3) is 4.48. The summed E-state index contributed by atoms with van der Waals surface area (Å²) >= 11 is 0. The van der Waals surface area contributed by atoms with Crippen molar-refractivity contribution in [2.75, 3.05) is 0 Å². The lowest BCUT2D eigenvalue weighted by Crippen LogP contribution is -2.04. The summed E-state index contributed by atoms with van der Waals surface area (Å²) in [5.41, 5.74) is 8.47. The Morgan fingerprint density at radius 3 is 2.27 bits per heavy atom. The predicted octanol–water partition coefficient (Wildman–Crippen LogP) is 3.83. The van der Waals surface area contributed by atoms with E-state index in [1.165, 1.54) is 43.2 Å². The van der Waals surface area contributed by atoms with Gasteiger partial charge in [0.1, 0.15) is 0 Å². The average Bonchev–Trinajstić information content (AvgIpc) is 2.25. The molecule has 0 radical (unpaired) electrons. The monoisotopic (exact) mass is 205 g/mol. The fourth-order valence-corrected chi connectivity index (χ4v) is 1.74. The zero-order chi connectivity index (χ0) is 11.1. The van der Waals surface area contributed by atoms with Gasteiger partial charge in [0.15, 0.2) is 0 Å². The average molecular weight is 205 g/mol. The van der Waals surface area contributed by atoms with Crippen molar-refractivity contribution < 1.29 is 0 Å². The van der Waals surface area contributed by atoms with Crippen molar-refractivity contribution in [3.05, 3.63) is 35.4 Å². The highest BCUT2D eigenvalue weighted by Crippen LogP contribution is 2.13. The zero-order valence-corrected chi connectivity index (χ0v) is 10.00. The van der Waals surface area contributed by atoms with E-state index in [4.69, 9.17) is 5.73 Å². The van der Waals surface area contributed by atoms with Crippen molar-refractivity contribution in [2.45, 2.75) is 52.0 Å². The van der Waals surface area contributed by atoms with Gasteiger partial charge < -0.3 is 5.73 Å². The van der Waals surface area contributed by atoms with E-state index < -0.39 is 0 Å². The number of nitrogens with two attached hydrogens (primary N) is 1. The molecule has 0 aliphatic heterocycles. The lowest BCUT2D eigenvalue weighted by Gasteiger charge is -2.06. The van der Waals surface area contributed by atoms with Crippen LogP contribution in [0.3, 0.4) is 0 Å². The Balaban J connectivity index is 2.36. The Labute approximate surface area is 93.7 Å². The van der Waals surface area contributed by atoms with Crippen LogP contribution in [0.4, 0.5) is 0 Å². The zero-order valence-electron chi connectivity index (χ0n) is 10.00. The summed E-state index contributed by atoms with van der Waals surface area (Å²) < 4.78 is 0. The molecular formula is C14H23N. The molecule has 2 N–H and O–H groups in total. The molecule has 1 nitrogen and oxygen atoms in total. The molecule has 0 bridgehead atoms. The molecule has 0 heterocycles. The summed E-state index contributed by atoms with van der Waals surface area (Å²) in [6.07, 6.45) is 6.54. The minimum atomic E-state index is 0.152. The quantitative estimate of drug-likeness (QED) is 0.702. The minimum absolute atomic E-state index is 0.152. The summed E-state index contributed by atoms with van der Waals surface area (Å²) in [6, 6.07) is 8.88. The Kier molecular flexibility index (Phi) is 5.41. The van der Waals surface area contributed by atoms with Gasteiger partial charge in [-0.3, -0.25) is 0 Å². The third-order valence-corrected chi connectivity index (χ3v) is 2.82. The molecule has 0 saturated heterocycles. The van der Waals surface area contributed by atoms with E-state index >= 15 is 0 Å². The van der Waals surface area contributed by atoms with Crippen LogP contribution in [0.5, 0.6) is 0 Å². The molecule has 0 fully saturated rings. The summed E-state index contributed by atoms with van der Waals surface area (Å²) in [6.45, 7) is 4.27. The number of aryl methyl sites for hydroxylation is 1. The van der Waals surface area contributed by atoms with Crippen LogP contribution in [0.15, 0.2) is 24.3 Å². The molecule has 0 amide bonds. The Hall–Kier alpha value is -0.820. The first kappa shape index (κ1) is 12.3. The van der Waals surface area contributed by atoms with Crippen LogP contribution in [0.2, 0.25) is 0 Å². The number of hydrogen-bond acceptors (Lipinski definition) is 1. The summed E-state index contributed by atoms with van der Waals surface area (Å²) in [5, 5.41) is 0. The molecule has 0 unspecified atom stereocenters. The van der Waals surface area contributed by atoms with Gasteiger partial charge in [0.2, 0.25) is 0 Å². The first-order chi connectivity index (χ1) is 7.24. The maximum Gasteiger partial charge on any atom is 0.0266 e. The topological polar surface area (TPSA) is 26.0 Å². The maximum absolute atomic E-state index is 5.80.